The molecule has 1 unspecified atom stereocenters. The number of hydrogen-bond acceptors (Lipinski definition) is 7. The fraction of sp³-hybridized carbons (Fsp3) is 0.529. The minimum Gasteiger partial charge on any atom is -0.487 e. The molecule has 1 heterocycles. The molecule has 0 aliphatic rings. The topological polar surface area (TPSA) is 111 Å². The van der Waals surface area contributed by atoms with E-state index in [2.05, 4.69) is 35.5 Å². The number of ether oxygens (including phenoxy) is 2. The van der Waals surface area contributed by atoms with Gasteiger partial charge in [0.25, 0.3) is 0 Å². The van der Waals surface area contributed by atoms with E-state index in [4.69, 9.17) is 18.3 Å². The number of aromatic nitrogens is 1. The van der Waals surface area contributed by atoms with E-state index in [1.54, 1.807) is 6.07 Å². The maximum atomic E-state index is 12.5. The number of unbranched alkanes of at least 4 members (excludes halogenated alkanes) is 2. The Morgan fingerprint density at radius 2 is 1.58 bits per heavy atom. The molecule has 2 aromatic carbocycles. The van der Waals surface area contributed by atoms with Crippen LogP contribution in [0.3, 0.4) is 0 Å². The van der Waals surface area contributed by atoms with Gasteiger partial charge in [-0.25, -0.2) is 4.79 Å². The van der Waals surface area contributed by atoms with Crippen molar-refractivity contribution in [1.82, 2.24) is 15.6 Å². The Morgan fingerprint density at radius 1 is 0.889 bits per heavy atom. The molecule has 1 atom stereocenters. The minimum absolute atomic E-state index is 0.0133. The second-order valence-electron chi connectivity index (χ2n) is 12.6. The van der Waals surface area contributed by atoms with Crippen LogP contribution in [0.2, 0.25) is 13.1 Å². The predicted molar refractivity (Wildman–Crippen MR) is 182 cm³/mol. The van der Waals surface area contributed by atoms with Crippen LogP contribution in [0.1, 0.15) is 70.9 Å². The largest absolute Gasteiger partial charge is 0.487 e. The lowest BCUT2D eigenvalue weighted by Crippen LogP contribution is -2.44. The number of H-pyrrole nitrogens is 1. The Labute approximate surface area is 273 Å². The number of alkyl carbamates (subject to hydrolysis) is 1. The van der Waals surface area contributed by atoms with Gasteiger partial charge in [-0.1, -0.05) is 56.7 Å². The lowest BCUT2D eigenvalue weighted by atomic mass is 9.73. The van der Waals surface area contributed by atoms with Crippen molar-refractivity contribution in [1.29, 1.82) is 0 Å². The molecule has 4 radical (unpaired) electrons. The molecule has 3 N–H and O–H groups in total. The Morgan fingerprint density at radius 3 is 2.24 bits per heavy atom. The number of aromatic amines is 1. The third-order valence-electron chi connectivity index (χ3n) is 7.51. The zero-order chi connectivity index (χ0) is 32.9. The van der Waals surface area contributed by atoms with Crippen LogP contribution in [0.4, 0.5) is 4.79 Å². The first-order chi connectivity index (χ1) is 21.5. The molecule has 0 aliphatic carbocycles. The summed E-state index contributed by atoms with van der Waals surface area (Å²) >= 11 is 0. The third kappa shape index (κ3) is 11.4. The molecule has 1 amide bonds. The highest BCUT2D eigenvalue weighted by Gasteiger charge is 2.40. The first-order valence-electron chi connectivity index (χ1n) is 15.6. The number of amides is 1. The fourth-order valence-corrected chi connectivity index (χ4v) is 6.42. The molecular formula is C34H49N3O6Si2. The average Bonchev–Trinajstić information content (AvgIpc) is 2.98. The Balaban J connectivity index is 1.78. The van der Waals surface area contributed by atoms with Crippen molar-refractivity contribution in [3.63, 3.8) is 0 Å². The van der Waals surface area contributed by atoms with Crippen molar-refractivity contribution < 1.29 is 23.1 Å². The van der Waals surface area contributed by atoms with Gasteiger partial charge < -0.3 is 33.9 Å². The number of carbonyl (C=O) groups is 1. The van der Waals surface area contributed by atoms with Gasteiger partial charge in [0, 0.05) is 35.9 Å². The van der Waals surface area contributed by atoms with E-state index >= 15 is 0 Å². The molecule has 11 heteroatoms. The summed E-state index contributed by atoms with van der Waals surface area (Å²) in [4.78, 5) is 27.4. The van der Waals surface area contributed by atoms with Crippen molar-refractivity contribution in [3.05, 3.63) is 76.1 Å². The minimum atomic E-state index is -0.501. The highest BCUT2D eigenvalue weighted by molar-refractivity contribution is 6.26. The van der Waals surface area contributed by atoms with Gasteiger partial charge in [-0.15, -0.1) is 0 Å². The maximum absolute atomic E-state index is 12.5. The van der Waals surface area contributed by atoms with Crippen LogP contribution in [-0.2, 0) is 20.2 Å². The molecular weight excluding hydrogens is 603 g/mol. The summed E-state index contributed by atoms with van der Waals surface area (Å²) in [5.74, 6) is 0.620. The molecule has 3 aromatic rings. The second kappa shape index (κ2) is 17.7. The van der Waals surface area contributed by atoms with Crippen LogP contribution in [0.5, 0.6) is 5.75 Å². The van der Waals surface area contributed by atoms with Crippen LogP contribution >= 0.6 is 0 Å². The molecule has 0 spiro atoms. The Kier molecular flexibility index (Phi) is 14.3. The number of fused-ring (bicyclic) bond motifs is 1. The van der Waals surface area contributed by atoms with Crippen molar-refractivity contribution >= 4 is 36.5 Å². The van der Waals surface area contributed by atoms with Crippen molar-refractivity contribution in [3.8, 4) is 5.75 Å². The summed E-state index contributed by atoms with van der Waals surface area (Å²) in [5.41, 5.74) is 1.73. The van der Waals surface area contributed by atoms with Gasteiger partial charge in [-0.05, 0) is 76.5 Å². The molecule has 0 saturated heterocycles. The summed E-state index contributed by atoms with van der Waals surface area (Å²) in [6.07, 6.45) is 2.03. The molecule has 0 saturated carbocycles. The van der Waals surface area contributed by atoms with Crippen LogP contribution in [0, 0.1) is 5.41 Å². The summed E-state index contributed by atoms with van der Waals surface area (Å²) in [5, 5.41) is 7.44. The van der Waals surface area contributed by atoms with Gasteiger partial charge in [-0.3, -0.25) is 4.79 Å². The quantitative estimate of drug-likeness (QED) is 0.0854. The Bertz CT molecular complexity index is 1390. The lowest BCUT2D eigenvalue weighted by Gasteiger charge is -2.41. The summed E-state index contributed by atoms with van der Waals surface area (Å²) < 4.78 is 23.9. The SMILES string of the molecule is C[Si]OC(O[Si]C)C(C)(C)C(CNCCCCCNC(=O)OC(C)(C)C)c1ccc(OCc2ccccc2)c2[nH]c(=O)ccc12. The second-order valence-corrected chi connectivity index (χ2v) is 13.9. The highest BCUT2D eigenvalue weighted by Crippen LogP contribution is 2.43. The van der Waals surface area contributed by atoms with Crippen molar-refractivity contribution in [2.24, 2.45) is 5.41 Å². The zero-order valence-corrected chi connectivity index (χ0v) is 29.8. The van der Waals surface area contributed by atoms with Gasteiger partial charge in [0.15, 0.2) is 0 Å². The van der Waals surface area contributed by atoms with Crippen molar-refractivity contribution in [2.75, 3.05) is 19.6 Å². The monoisotopic (exact) mass is 651 g/mol. The third-order valence-corrected chi connectivity index (χ3v) is 8.41. The van der Waals surface area contributed by atoms with E-state index in [1.807, 2.05) is 76.3 Å². The van der Waals surface area contributed by atoms with Gasteiger partial charge in [0.05, 0.1) is 5.52 Å². The number of pyridine rings is 1. The number of hydrogen-bond donors (Lipinski definition) is 3. The molecule has 244 valence electrons. The van der Waals surface area contributed by atoms with E-state index in [1.165, 1.54) is 0 Å². The number of carbonyl (C=O) groups excluding carboxylic acids is 1. The first-order valence-corrected chi connectivity index (χ1v) is 18.4. The molecule has 1 aromatic heterocycles. The first kappa shape index (κ1) is 36.5. The van der Waals surface area contributed by atoms with Crippen molar-refractivity contribution in [2.45, 2.75) is 91.4 Å². The predicted octanol–water partition coefficient (Wildman–Crippen LogP) is 6.20. The summed E-state index contributed by atoms with van der Waals surface area (Å²) in [6.45, 7) is 16.4. The summed E-state index contributed by atoms with van der Waals surface area (Å²) in [7, 11) is 0.569. The molecule has 0 aliphatic heterocycles. The molecule has 0 bridgehead atoms. The summed E-state index contributed by atoms with van der Waals surface area (Å²) in [6, 6.07) is 17.5. The molecule has 45 heavy (non-hydrogen) atoms. The number of rotatable bonds is 18. The Hall–Kier alpha value is -2.97. The van der Waals surface area contributed by atoms with Gasteiger partial charge in [-0.2, -0.15) is 0 Å². The van der Waals surface area contributed by atoms with Crippen LogP contribution in [0.25, 0.3) is 10.9 Å². The number of benzene rings is 2. The molecule has 3 rings (SSSR count). The zero-order valence-electron chi connectivity index (χ0n) is 27.8. The normalized spacial score (nSPS) is 12.8. The number of nitrogens with one attached hydrogen (secondary N) is 3. The van der Waals surface area contributed by atoms with E-state index in [0.29, 0.717) is 31.0 Å². The van der Waals surface area contributed by atoms with E-state index in [9.17, 15) is 9.59 Å². The molecule has 0 fully saturated rings. The maximum Gasteiger partial charge on any atom is 0.407 e. The van der Waals surface area contributed by atoms with E-state index < -0.39 is 17.3 Å². The van der Waals surface area contributed by atoms with Gasteiger partial charge in [0.1, 0.15) is 24.2 Å². The van der Waals surface area contributed by atoms with E-state index in [-0.39, 0.29) is 37.1 Å². The average molecular weight is 652 g/mol. The van der Waals surface area contributed by atoms with Gasteiger partial charge >= 0.3 is 6.09 Å². The van der Waals surface area contributed by atoms with Crippen LogP contribution < -0.4 is 20.9 Å². The smallest absolute Gasteiger partial charge is 0.407 e. The van der Waals surface area contributed by atoms with Gasteiger partial charge in [0.2, 0.25) is 25.1 Å². The van der Waals surface area contributed by atoms with Crippen LogP contribution in [-0.4, -0.2) is 62.1 Å². The molecule has 9 nitrogen and oxygen atoms in total. The van der Waals surface area contributed by atoms with Crippen LogP contribution in [0.15, 0.2) is 59.4 Å². The van der Waals surface area contributed by atoms with E-state index in [0.717, 1.165) is 42.3 Å². The fourth-order valence-electron chi connectivity index (χ4n) is 5.19. The lowest BCUT2D eigenvalue weighted by molar-refractivity contribution is -0.0900. The standard InChI is InChI=1S/C34H49N3O6Si2/c1-33(2,3)41-32(39)36-21-13-9-12-20-35-22-27(34(4,5)31(42-44-6)43-45-7)25-16-18-28(30-26(25)17-19-29(38)37-30)40-23-24-14-10-8-11-15-24/h8,10-11,14-19,27,31,35H,9,12-13,20-23H2,1-7H3,(H,36,39)(H,37,38). The highest BCUT2D eigenvalue weighted by atomic mass is 28.2.